The van der Waals surface area contributed by atoms with E-state index < -0.39 is 5.97 Å². The molecule has 1 fully saturated rings. The Kier molecular flexibility index (Phi) is 6.98. The van der Waals surface area contributed by atoms with E-state index in [1.165, 1.54) is 14.2 Å². The number of carbonyl (C=O) groups is 2. The van der Waals surface area contributed by atoms with Crippen molar-refractivity contribution in [2.45, 2.75) is 64.0 Å². The van der Waals surface area contributed by atoms with Crippen molar-refractivity contribution in [3.63, 3.8) is 0 Å². The first kappa shape index (κ1) is 25.3. The predicted molar refractivity (Wildman–Crippen MR) is 140 cm³/mol. The van der Waals surface area contributed by atoms with Crippen LogP contribution >= 0.6 is 11.6 Å². The fourth-order valence-electron chi connectivity index (χ4n) is 5.80. The van der Waals surface area contributed by atoms with Gasteiger partial charge in [-0.15, -0.1) is 0 Å². The van der Waals surface area contributed by atoms with E-state index in [1.54, 1.807) is 11.0 Å². The van der Waals surface area contributed by atoms with Gasteiger partial charge in [-0.2, -0.15) is 0 Å². The molecule has 1 amide bonds. The minimum absolute atomic E-state index is 0.0241. The molecular formula is C27H31ClN4O5. The maximum absolute atomic E-state index is 12.6. The molecule has 196 valence electrons. The third-order valence-corrected chi connectivity index (χ3v) is 8.00. The van der Waals surface area contributed by atoms with Crippen molar-refractivity contribution in [2.24, 2.45) is 5.92 Å². The molecule has 1 saturated carbocycles. The molecule has 0 unspecified atom stereocenters. The van der Waals surface area contributed by atoms with Crippen LogP contribution in [0, 0.1) is 5.92 Å². The molecule has 0 saturated heterocycles. The number of methoxy groups -OCH3 is 2. The lowest BCUT2D eigenvalue weighted by Crippen LogP contribution is -2.42. The summed E-state index contributed by atoms with van der Waals surface area (Å²) in [6.07, 6.45) is 4.48. The summed E-state index contributed by atoms with van der Waals surface area (Å²) in [7, 11) is 2.93. The number of benzene rings is 1. The predicted octanol–water partition coefficient (Wildman–Crippen LogP) is 5.41. The highest BCUT2D eigenvalue weighted by atomic mass is 35.5. The van der Waals surface area contributed by atoms with Crippen LogP contribution in [0.5, 0.6) is 5.88 Å². The molecule has 1 atom stereocenters. The fraction of sp³-hybridized carbons (Fsp3) is 0.481. The van der Waals surface area contributed by atoms with Crippen LogP contribution in [0.1, 0.15) is 62.2 Å². The van der Waals surface area contributed by atoms with Crippen LogP contribution in [0.3, 0.4) is 0 Å². The maximum Gasteiger partial charge on any atom is 0.414 e. The van der Waals surface area contributed by atoms with Crippen LogP contribution < -0.4 is 9.64 Å². The minimum atomic E-state index is -0.724. The monoisotopic (exact) mass is 526 g/mol. The second-order valence-electron chi connectivity index (χ2n) is 9.87. The number of fused-ring (bicyclic) bond motifs is 3. The summed E-state index contributed by atoms with van der Waals surface area (Å²) in [6.45, 7) is 2.02. The average Bonchev–Trinajstić information content (AvgIpc) is 3.27. The molecular weight excluding hydrogens is 496 g/mol. The van der Waals surface area contributed by atoms with Gasteiger partial charge in [-0.1, -0.05) is 11.6 Å². The molecule has 0 spiro atoms. The van der Waals surface area contributed by atoms with Crippen molar-refractivity contribution in [3.8, 4) is 5.88 Å². The molecule has 37 heavy (non-hydrogen) atoms. The fourth-order valence-corrected chi connectivity index (χ4v) is 5.98. The van der Waals surface area contributed by atoms with Gasteiger partial charge in [0.2, 0.25) is 5.88 Å². The van der Waals surface area contributed by atoms with Gasteiger partial charge in [0, 0.05) is 24.1 Å². The second-order valence-corrected chi connectivity index (χ2v) is 10.3. The van der Waals surface area contributed by atoms with Crippen LogP contribution in [0.4, 0.5) is 10.5 Å². The molecule has 5 rings (SSSR count). The molecule has 1 aliphatic heterocycles. The van der Waals surface area contributed by atoms with Crippen molar-refractivity contribution in [3.05, 3.63) is 46.4 Å². The first-order chi connectivity index (χ1) is 17.8. The summed E-state index contributed by atoms with van der Waals surface area (Å²) >= 11 is 6.20. The second kappa shape index (κ2) is 10.2. The summed E-state index contributed by atoms with van der Waals surface area (Å²) in [5.74, 6) is 0.184. The number of aryl methyl sites for hydroxylation is 1. The van der Waals surface area contributed by atoms with Gasteiger partial charge < -0.3 is 19.1 Å². The number of pyridine rings is 1. The topological polar surface area (TPSA) is 107 Å². The molecule has 9 nitrogen and oxygen atoms in total. The number of amides is 1. The Balaban J connectivity index is 1.62. The largest absolute Gasteiger partial charge is 0.481 e. The zero-order chi connectivity index (χ0) is 26.3. The quantitative estimate of drug-likeness (QED) is 0.473. The van der Waals surface area contributed by atoms with Crippen LogP contribution in [-0.2, 0) is 22.4 Å². The number of nitrogens with zero attached hydrogens (tertiary/aromatic N) is 4. The van der Waals surface area contributed by atoms with Crippen LogP contribution in [0.2, 0.25) is 5.02 Å². The first-order valence-corrected chi connectivity index (χ1v) is 13.0. The Hall–Kier alpha value is -3.33. The number of carboxylic acids is 1. The third kappa shape index (κ3) is 4.61. The van der Waals surface area contributed by atoms with E-state index in [-0.39, 0.29) is 24.1 Å². The number of carbonyl (C=O) groups excluding carboxylic acids is 1. The smallest absolute Gasteiger partial charge is 0.414 e. The lowest BCUT2D eigenvalue weighted by Gasteiger charge is -2.34. The van der Waals surface area contributed by atoms with Crippen molar-refractivity contribution in [2.75, 3.05) is 19.1 Å². The van der Waals surface area contributed by atoms with Gasteiger partial charge in [-0.3, -0.25) is 9.69 Å². The Bertz CT molecular complexity index is 1350. The molecule has 2 aliphatic rings. The average molecular weight is 527 g/mol. The SMILES string of the molecule is COC(=O)N1c2ccc3c(nc(Cc4ccc(Cl)c(OC)n4)n3C3CCC(C(=O)O)CC3)c2CC[C@@H]1C. The van der Waals surface area contributed by atoms with Gasteiger partial charge in [-0.25, -0.2) is 14.8 Å². The van der Waals surface area contributed by atoms with Gasteiger partial charge in [0.15, 0.2) is 0 Å². The lowest BCUT2D eigenvalue weighted by molar-refractivity contribution is -0.143. The zero-order valence-corrected chi connectivity index (χ0v) is 22.0. The Morgan fingerprint density at radius 2 is 1.84 bits per heavy atom. The van der Waals surface area contributed by atoms with Crippen molar-refractivity contribution in [1.29, 1.82) is 0 Å². The normalized spacial score (nSPS) is 21.5. The van der Waals surface area contributed by atoms with Crippen molar-refractivity contribution in [1.82, 2.24) is 14.5 Å². The van der Waals surface area contributed by atoms with Gasteiger partial charge in [0.1, 0.15) is 10.8 Å². The number of halogens is 1. The van der Waals surface area contributed by atoms with Gasteiger partial charge in [-0.05, 0) is 69.7 Å². The Morgan fingerprint density at radius 1 is 1.08 bits per heavy atom. The summed E-state index contributed by atoms with van der Waals surface area (Å²) in [4.78, 5) is 35.6. The van der Waals surface area contributed by atoms with E-state index in [1.807, 2.05) is 25.1 Å². The van der Waals surface area contributed by atoms with Gasteiger partial charge >= 0.3 is 12.1 Å². The standard InChI is InChI=1S/C27H31ClN4O5/c1-15-4-10-19-21(31(15)27(35)37-3)12-13-22-24(19)30-23(14-17-7-11-20(28)25(29-17)36-2)32(22)18-8-5-16(6-9-18)26(33)34/h7,11-13,15-16,18H,4-6,8-10,14H2,1-3H3,(H,33,34)/t15-,16?,18?/m0/s1. The summed E-state index contributed by atoms with van der Waals surface area (Å²) in [5.41, 5.74) is 4.50. The molecule has 3 aromatic rings. The number of hydrogen-bond donors (Lipinski definition) is 1. The van der Waals surface area contributed by atoms with Gasteiger partial charge in [0.05, 0.1) is 42.6 Å². The number of aliphatic carboxylic acids is 1. The molecule has 10 heteroatoms. The van der Waals surface area contributed by atoms with E-state index in [9.17, 15) is 14.7 Å². The van der Waals surface area contributed by atoms with Crippen LogP contribution in [0.15, 0.2) is 24.3 Å². The number of aromatic nitrogens is 3. The minimum Gasteiger partial charge on any atom is -0.481 e. The highest BCUT2D eigenvalue weighted by Crippen LogP contribution is 2.40. The molecule has 1 aromatic carbocycles. The lowest BCUT2D eigenvalue weighted by atomic mass is 9.85. The molecule has 3 heterocycles. The van der Waals surface area contributed by atoms with E-state index in [0.29, 0.717) is 30.2 Å². The Morgan fingerprint density at radius 3 is 2.51 bits per heavy atom. The zero-order valence-electron chi connectivity index (χ0n) is 21.2. The number of anilines is 1. The van der Waals surface area contributed by atoms with E-state index in [4.69, 9.17) is 26.1 Å². The molecule has 1 N–H and O–H groups in total. The summed E-state index contributed by atoms with van der Waals surface area (Å²) < 4.78 is 12.7. The summed E-state index contributed by atoms with van der Waals surface area (Å²) in [5, 5.41) is 9.94. The van der Waals surface area contributed by atoms with Crippen LogP contribution in [-0.4, -0.2) is 52.0 Å². The van der Waals surface area contributed by atoms with Crippen LogP contribution in [0.25, 0.3) is 11.0 Å². The highest BCUT2D eigenvalue weighted by molar-refractivity contribution is 6.31. The Labute approximate surface area is 220 Å². The van der Waals surface area contributed by atoms with Gasteiger partial charge in [0.25, 0.3) is 0 Å². The number of imidazole rings is 1. The number of ether oxygens (including phenoxy) is 2. The van der Waals surface area contributed by atoms with E-state index in [2.05, 4.69) is 9.55 Å². The molecule has 2 aromatic heterocycles. The number of rotatable bonds is 5. The molecule has 1 aliphatic carbocycles. The van der Waals surface area contributed by atoms with E-state index in [0.717, 1.165) is 59.5 Å². The van der Waals surface area contributed by atoms with E-state index >= 15 is 0 Å². The highest BCUT2D eigenvalue weighted by Gasteiger charge is 2.33. The first-order valence-electron chi connectivity index (χ1n) is 12.6. The maximum atomic E-state index is 12.6. The molecule has 0 bridgehead atoms. The third-order valence-electron chi connectivity index (χ3n) is 7.71. The number of carboxylic acid groups (broad SMARTS) is 1. The van der Waals surface area contributed by atoms with Crippen molar-refractivity contribution >= 4 is 40.4 Å². The number of hydrogen-bond acceptors (Lipinski definition) is 6. The van der Waals surface area contributed by atoms with Crippen molar-refractivity contribution < 1.29 is 24.2 Å². The summed E-state index contributed by atoms with van der Waals surface area (Å²) in [6, 6.07) is 7.80. The molecule has 0 radical (unpaired) electrons.